The van der Waals surface area contributed by atoms with E-state index in [1.807, 2.05) is 30.3 Å². The van der Waals surface area contributed by atoms with Crippen LogP contribution in [0.25, 0.3) is 0 Å². The Morgan fingerprint density at radius 3 is 2.56 bits per heavy atom. The molecule has 27 heavy (non-hydrogen) atoms. The molecule has 0 unspecified atom stereocenters. The van der Waals surface area contributed by atoms with Gasteiger partial charge in [0.05, 0.1) is 23.6 Å². The monoisotopic (exact) mass is 408 g/mol. The lowest BCUT2D eigenvalue weighted by molar-refractivity contribution is -0.615. The van der Waals surface area contributed by atoms with Crippen LogP contribution in [-0.4, -0.2) is 24.3 Å². The standard InChI is InChI=1S/C20H19Cl2NO4/c1-27-19(24)9-11-2-4-14-13(12-3-6-16(21)17(22)10-12)5-7-18(15(14)8-11)23-20(25)26/h2-4,6,8,10,13,18,23H,5,7,9H2,1H3,(H,25,26)/p+1/t13-,18-/m0/s1. The first-order chi connectivity index (χ1) is 12.9. The highest BCUT2D eigenvalue weighted by Gasteiger charge is 2.32. The number of carboxylic acid groups (broad SMARTS) is 1. The van der Waals surface area contributed by atoms with E-state index >= 15 is 0 Å². The number of ether oxygens (including phenoxy) is 1. The first kappa shape index (κ1) is 19.7. The number of rotatable bonds is 4. The molecule has 2 aromatic carbocycles. The number of halogens is 2. The van der Waals surface area contributed by atoms with Gasteiger partial charge in [-0.15, -0.1) is 0 Å². The predicted octanol–water partition coefficient (Wildman–Crippen LogP) is 3.92. The number of fused-ring (bicyclic) bond motifs is 1. The Morgan fingerprint density at radius 1 is 1.11 bits per heavy atom. The molecule has 0 saturated heterocycles. The molecule has 5 nitrogen and oxygen atoms in total. The molecule has 0 saturated carbocycles. The normalized spacial score (nSPS) is 18.6. The number of quaternary nitrogens is 1. The topological polar surface area (TPSA) is 80.2 Å². The van der Waals surface area contributed by atoms with Gasteiger partial charge in [-0.3, -0.25) is 4.79 Å². The van der Waals surface area contributed by atoms with E-state index in [0.29, 0.717) is 16.5 Å². The van der Waals surface area contributed by atoms with Crippen LogP contribution in [0.5, 0.6) is 0 Å². The van der Waals surface area contributed by atoms with Crippen molar-refractivity contribution in [1.29, 1.82) is 0 Å². The van der Waals surface area contributed by atoms with Crippen molar-refractivity contribution in [1.82, 2.24) is 0 Å². The molecule has 0 aromatic heterocycles. The SMILES string of the molecule is COC(=O)Cc1ccc2c(c1)[C@@H]([NH2+]C(=O)O)CC[C@H]2c1ccc(Cl)c(Cl)c1. The van der Waals surface area contributed by atoms with Gasteiger partial charge in [-0.1, -0.05) is 41.4 Å². The van der Waals surface area contributed by atoms with Crippen molar-refractivity contribution in [3.63, 3.8) is 0 Å². The molecule has 0 bridgehead atoms. The van der Waals surface area contributed by atoms with Gasteiger partial charge in [0.25, 0.3) is 0 Å². The first-order valence-electron chi connectivity index (χ1n) is 8.61. The molecule has 3 N–H and O–H groups in total. The summed E-state index contributed by atoms with van der Waals surface area (Å²) in [5.41, 5.74) is 3.83. The Balaban J connectivity index is 2.02. The van der Waals surface area contributed by atoms with Crippen LogP contribution in [0.2, 0.25) is 10.0 Å². The summed E-state index contributed by atoms with van der Waals surface area (Å²) in [5, 5.41) is 11.6. The highest BCUT2D eigenvalue weighted by molar-refractivity contribution is 6.42. The molecule has 0 aliphatic heterocycles. The molecule has 142 valence electrons. The largest absolute Gasteiger partial charge is 0.510 e. The van der Waals surface area contributed by atoms with Crippen LogP contribution in [0.3, 0.4) is 0 Å². The second-order valence-corrected chi connectivity index (χ2v) is 7.45. The molecule has 0 radical (unpaired) electrons. The lowest BCUT2D eigenvalue weighted by Gasteiger charge is -2.30. The van der Waals surface area contributed by atoms with Gasteiger partial charge < -0.3 is 9.84 Å². The van der Waals surface area contributed by atoms with Crippen molar-refractivity contribution in [3.8, 4) is 0 Å². The molecule has 1 aliphatic carbocycles. The van der Waals surface area contributed by atoms with Crippen LogP contribution in [-0.2, 0) is 16.0 Å². The minimum Gasteiger partial charge on any atom is -0.469 e. The number of hydrogen-bond acceptors (Lipinski definition) is 3. The van der Waals surface area contributed by atoms with Crippen LogP contribution in [0.4, 0.5) is 4.79 Å². The molecular weight excluding hydrogens is 389 g/mol. The zero-order valence-corrected chi connectivity index (χ0v) is 16.3. The Morgan fingerprint density at radius 2 is 1.89 bits per heavy atom. The number of methoxy groups -OCH3 is 1. The van der Waals surface area contributed by atoms with Crippen molar-refractivity contribution in [3.05, 3.63) is 68.7 Å². The molecule has 2 aromatic rings. The van der Waals surface area contributed by atoms with Gasteiger partial charge >= 0.3 is 12.1 Å². The Hall–Kier alpha value is -2.08. The van der Waals surface area contributed by atoms with Gasteiger partial charge in [0.2, 0.25) is 0 Å². The lowest BCUT2D eigenvalue weighted by atomic mass is 9.76. The highest BCUT2D eigenvalue weighted by Crippen LogP contribution is 2.41. The molecule has 1 amide bonds. The average molecular weight is 409 g/mol. The minimum absolute atomic E-state index is 0.0976. The lowest BCUT2D eigenvalue weighted by Crippen LogP contribution is -2.88. The summed E-state index contributed by atoms with van der Waals surface area (Å²) >= 11 is 12.2. The Labute approximate surface area is 167 Å². The van der Waals surface area contributed by atoms with Crippen molar-refractivity contribution in [2.45, 2.75) is 31.2 Å². The van der Waals surface area contributed by atoms with Crippen molar-refractivity contribution in [2.75, 3.05) is 7.11 Å². The highest BCUT2D eigenvalue weighted by atomic mass is 35.5. The van der Waals surface area contributed by atoms with E-state index < -0.39 is 6.09 Å². The summed E-state index contributed by atoms with van der Waals surface area (Å²) in [6.45, 7) is 0. The van der Waals surface area contributed by atoms with E-state index in [2.05, 4.69) is 0 Å². The van der Waals surface area contributed by atoms with Gasteiger partial charge in [-0.05, 0) is 41.3 Å². The van der Waals surface area contributed by atoms with Crippen LogP contribution in [0.1, 0.15) is 47.1 Å². The second kappa shape index (κ2) is 8.30. The van der Waals surface area contributed by atoms with E-state index in [9.17, 15) is 14.7 Å². The number of nitrogens with two attached hydrogens (primary N) is 1. The Bertz CT molecular complexity index is 884. The number of carbonyl (C=O) groups excluding carboxylic acids is 1. The zero-order chi connectivity index (χ0) is 19.6. The second-order valence-electron chi connectivity index (χ2n) is 6.63. The number of amides is 1. The third-order valence-electron chi connectivity index (χ3n) is 4.96. The summed E-state index contributed by atoms with van der Waals surface area (Å²) in [4.78, 5) is 22.9. The van der Waals surface area contributed by atoms with E-state index in [1.54, 1.807) is 6.07 Å². The van der Waals surface area contributed by atoms with E-state index in [4.69, 9.17) is 27.9 Å². The molecular formula is C20H20Cl2NO4+. The zero-order valence-electron chi connectivity index (χ0n) is 14.7. The van der Waals surface area contributed by atoms with Crippen LogP contribution >= 0.6 is 23.2 Å². The van der Waals surface area contributed by atoms with Crippen LogP contribution < -0.4 is 5.32 Å². The number of primary amides is 1. The molecule has 3 rings (SSSR count). The van der Waals surface area contributed by atoms with Crippen molar-refractivity contribution < 1.29 is 24.7 Å². The molecule has 0 spiro atoms. The van der Waals surface area contributed by atoms with E-state index in [1.165, 1.54) is 12.4 Å². The van der Waals surface area contributed by atoms with E-state index in [0.717, 1.165) is 28.7 Å². The third kappa shape index (κ3) is 4.43. The van der Waals surface area contributed by atoms with Gasteiger partial charge in [0.1, 0.15) is 6.04 Å². The summed E-state index contributed by atoms with van der Waals surface area (Å²) in [6, 6.07) is 11.2. The van der Waals surface area contributed by atoms with Gasteiger partial charge in [0.15, 0.2) is 0 Å². The number of benzene rings is 2. The fraction of sp³-hybridized carbons (Fsp3) is 0.300. The molecule has 7 heteroatoms. The maximum Gasteiger partial charge on any atom is 0.510 e. The summed E-state index contributed by atoms with van der Waals surface area (Å²) in [7, 11) is 1.35. The van der Waals surface area contributed by atoms with Crippen LogP contribution in [0.15, 0.2) is 36.4 Å². The van der Waals surface area contributed by atoms with Gasteiger partial charge in [-0.25, -0.2) is 5.32 Å². The Kier molecular flexibility index (Phi) is 6.05. The smallest absolute Gasteiger partial charge is 0.469 e. The third-order valence-corrected chi connectivity index (χ3v) is 5.70. The molecule has 0 fully saturated rings. The molecule has 2 atom stereocenters. The maximum atomic E-state index is 11.6. The number of hydrogen-bond donors (Lipinski definition) is 2. The van der Waals surface area contributed by atoms with Crippen molar-refractivity contribution >= 4 is 35.3 Å². The summed E-state index contributed by atoms with van der Waals surface area (Å²) in [5.74, 6) is -0.231. The predicted molar refractivity (Wildman–Crippen MR) is 102 cm³/mol. The van der Waals surface area contributed by atoms with E-state index in [-0.39, 0.29) is 24.3 Å². The summed E-state index contributed by atoms with van der Waals surface area (Å²) < 4.78 is 4.74. The fourth-order valence-electron chi connectivity index (χ4n) is 3.69. The fourth-order valence-corrected chi connectivity index (χ4v) is 4.00. The average Bonchev–Trinajstić information content (AvgIpc) is 2.64. The van der Waals surface area contributed by atoms with Crippen LogP contribution in [0, 0.1) is 0 Å². The minimum atomic E-state index is -0.947. The molecule has 1 aliphatic rings. The van der Waals surface area contributed by atoms with Gasteiger partial charge in [0, 0.05) is 17.9 Å². The quantitative estimate of drug-likeness (QED) is 0.751. The van der Waals surface area contributed by atoms with Crippen molar-refractivity contribution in [2.24, 2.45) is 0 Å². The van der Waals surface area contributed by atoms with Gasteiger partial charge in [-0.2, -0.15) is 4.79 Å². The molecule has 0 heterocycles. The number of carbonyl (C=O) groups is 2. The summed E-state index contributed by atoms with van der Waals surface area (Å²) in [6.07, 6.45) is 0.708. The first-order valence-corrected chi connectivity index (χ1v) is 9.37. The number of esters is 1. The maximum absolute atomic E-state index is 11.6.